The molecular formula is C30H34N10O2. The van der Waals surface area contributed by atoms with E-state index in [2.05, 4.69) is 21.3 Å². The van der Waals surface area contributed by atoms with Crippen LogP contribution < -0.4 is 32.7 Å². The lowest BCUT2D eigenvalue weighted by Crippen LogP contribution is -2.29. The van der Waals surface area contributed by atoms with Crippen molar-refractivity contribution in [3.05, 3.63) is 94.6 Å². The highest BCUT2D eigenvalue weighted by molar-refractivity contribution is 5.96. The van der Waals surface area contributed by atoms with E-state index in [9.17, 15) is 9.59 Å². The van der Waals surface area contributed by atoms with Crippen molar-refractivity contribution in [3.63, 3.8) is 0 Å². The zero-order valence-electron chi connectivity index (χ0n) is 23.2. The van der Waals surface area contributed by atoms with Crippen LogP contribution in [0.3, 0.4) is 0 Å². The van der Waals surface area contributed by atoms with Crippen molar-refractivity contribution in [3.8, 4) is 22.8 Å². The lowest BCUT2D eigenvalue weighted by atomic mass is 10.1. The van der Waals surface area contributed by atoms with E-state index >= 15 is 0 Å². The molecule has 4 aromatic rings. The maximum atomic E-state index is 13.0. The summed E-state index contributed by atoms with van der Waals surface area (Å²) in [5.74, 6) is -0.538. The van der Waals surface area contributed by atoms with Gasteiger partial charge in [0.2, 0.25) is 0 Å². The molecule has 1 aliphatic heterocycles. The van der Waals surface area contributed by atoms with Crippen molar-refractivity contribution >= 4 is 11.8 Å². The predicted octanol–water partition coefficient (Wildman–Crippen LogP) is 0.871. The Bertz CT molecular complexity index is 1460. The molecule has 2 amide bonds. The van der Waals surface area contributed by atoms with Crippen LogP contribution in [0.4, 0.5) is 0 Å². The molecule has 0 saturated heterocycles. The number of carbonyl (C=O) groups is 2. The van der Waals surface area contributed by atoms with Crippen LogP contribution >= 0.6 is 0 Å². The minimum atomic E-state index is -0.269. The first-order valence-corrected chi connectivity index (χ1v) is 13.8. The monoisotopic (exact) mass is 566 g/mol. The molecule has 0 fully saturated rings. The van der Waals surface area contributed by atoms with Crippen LogP contribution in [0.5, 0.6) is 0 Å². The Hall–Kier alpha value is -4.62. The van der Waals surface area contributed by atoms with Crippen molar-refractivity contribution in [2.24, 2.45) is 11.5 Å². The summed E-state index contributed by atoms with van der Waals surface area (Å²) in [6, 6.07) is 18.5. The van der Waals surface area contributed by atoms with Gasteiger partial charge in [-0.3, -0.25) is 9.59 Å². The molecule has 42 heavy (non-hydrogen) atoms. The maximum Gasteiger partial charge on any atom is 0.251 e. The Labute approximate surface area is 243 Å². The first-order valence-electron chi connectivity index (χ1n) is 13.8. The minimum Gasteiger partial charge on any atom is -0.351 e. The summed E-state index contributed by atoms with van der Waals surface area (Å²) in [7, 11) is 0. The summed E-state index contributed by atoms with van der Waals surface area (Å²) < 4.78 is 0. The van der Waals surface area contributed by atoms with Crippen molar-refractivity contribution in [1.82, 2.24) is 41.2 Å². The summed E-state index contributed by atoms with van der Waals surface area (Å²) in [5.41, 5.74) is 17.5. The van der Waals surface area contributed by atoms with Crippen LogP contribution in [0.25, 0.3) is 22.8 Å². The van der Waals surface area contributed by atoms with Gasteiger partial charge in [0.1, 0.15) is 0 Å². The molecule has 0 aliphatic carbocycles. The Balaban J connectivity index is 1.57. The van der Waals surface area contributed by atoms with Crippen molar-refractivity contribution in [1.29, 1.82) is 0 Å². The number of hydrogen-bond acceptors (Lipinski definition) is 10. The van der Waals surface area contributed by atoms with E-state index in [1.165, 1.54) is 0 Å². The molecule has 5 rings (SSSR count). The normalized spacial score (nSPS) is 13.0. The summed E-state index contributed by atoms with van der Waals surface area (Å²) >= 11 is 0. The predicted molar refractivity (Wildman–Crippen MR) is 159 cm³/mol. The molecule has 4 aromatic heterocycles. The fourth-order valence-electron chi connectivity index (χ4n) is 4.54. The smallest absolute Gasteiger partial charge is 0.251 e. The lowest BCUT2D eigenvalue weighted by Gasteiger charge is -2.14. The fourth-order valence-corrected chi connectivity index (χ4v) is 4.54. The summed E-state index contributed by atoms with van der Waals surface area (Å²) in [4.78, 5) is 45.1. The van der Waals surface area contributed by atoms with Crippen molar-refractivity contribution in [2.45, 2.75) is 26.2 Å². The standard InChI is InChI=1S/C30H34N10O2/c31-7-9-35-29(41)19-11-23-17-33-15-21-3-1-5-25(37-21)26-6-2-4-22(38-26)16-34-18-24-12-20(30(42)36-10-8-32)14-28(40-24)27(13-19)39-23/h1-6,11-14,33-34H,7-10,15-18,31-32H2,(H,35,41)(H,36,42). The zero-order chi connectivity index (χ0) is 29.3. The molecule has 0 saturated carbocycles. The Morgan fingerprint density at radius 1 is 0.595 bits per heavy atom. The first kappa shape index (κ1) is 28.9. The van der Waals surface area contributed by atoms with Crippen LogP contribution in [0.15, 0.2) is 60.7 Å². The average molecular weight is 567 g/mol. The number of nitrogens with two attached hydrogens (primary N) is 2. The van der Waals surface area contributed by atoms with Crippen molar-refractivity contribution in [2.75, 3.05) is 26.2 Å². The molecule has 12 heteroatoms. The van der Waals surface area contributed by atoms with Gasteiger partial charge < -0.3 is 32.7 Å². The number of nitrogens with zero attached hydrogens (tertiary/aromatic N) is 4. The third-order valence-corrected chi connectivity index (χ3v) is 6.50. The first-order chi connectivity index (χ1) is 20.5. The average Bonchev–Trinajstić information content (AvgIpc) is 3.02. The van der Waals surface area contributed by atoms with Crippen LogP contribution in [-0.4, -0.2) is 57.9 Å². The molecule has 0 spiro atoms. The summed E-state index contributed by atoms with van der Waals surface area (Å²) in [5, 5.41) is 12.4. The van der Waals surface area contributed by atoms with Gasteiger partial charge in [0, 0.05) is 63.5 Å². The number of hydrogen-bond donors (Lipinski definition) is 6. The third kappa shape index (κ3) is 7.36. The largest absolute Gasteiger partial charge is 0.351 e. The number of amides is 2. The van der Waals surface area contributed by atoms with E-state index < -0.39 is 0 Å². The second-order valence-corrected chi connectivity index (χ2v) is 9.79. The van der Waals surface area contributed by atoms with E-state index in [4.69, 9.17) is 31.4 Å². The molecule has 0 aromatic carbocycles. The van der Waals surface area contributed by atoms with Gasteiger partial charge in [-0.05, 0) is 48.5 Å². The Morgan fingerprint density at radius 2 is 1.00 bits per heavy atom. The number of aromatic nitrogens is 4. The second-order valence-electron chi connectivity index (χ2n) is 9.79. The van der Waals surface area contributed by atoms with Gasteiger partial charge in [-0.1, -0.05) is 12.1 Å². The highest BCUT2D eigenvalue weighted by atomic mass is 16.2. The topological polar surface area (TPSA) is 186 Å². The second kappa shape index (κ2) is 13.8. The molecule has 5 heterocycles. The zero-order valence-corrected chi connectivity index (χ0v) is 23.2. The molecule has 8 N–H and O–H groups in total. The molecule has 0 unspecified atom stereocenters. The highest BCUT2D eigenvalue weighted by Gasteiger charge is 2.16. The summed E-state index contributed by atoms with van der Waals surface area (Å²) in [6.07, 6.45) is 0. The highest BCUT2D eigenvalue weighted by Crippen LogP contribution is 2.21. The molecule has 0 atom stereocenters. The van der Waals surface area contributed by atoms with E-state index in [0.29, 0.717) is 86.3 Å². The van der Waals surface area contributed by atoms with Crippen LogP contribution in [0.1, 0.15) is 43.5 Å². The van der Waals surface area contributed by atoms with Gasteiger partial charge in [-0.25, -0.2) is 19.9 Å². The number of pyridine rings is 4. The van der Waals surface area contributed by atoms with E-state index in [1.54, 1.807) is 24.3 Å². The third-order valence-electron chi connectivity index (χ3n) is 6.50. The molecule has 0 radical (unpaired) electrons. The minimum absolute atomic E-state index is 0.269. The van der Waals surface area contributed by atoms with Crippen LogP contribution in [-0.2, 0) is 26.2 Å². The van der Waals surface area contributed by atoms with Gasteiger partial charge in [0.25, 0.3) is 11.8 Å². The van der Waals surface area contributed by atoms with Gasteiger partial charge in [-0.15, -0.1) is 0 Å². The number of nitrogens with one attached hydrogen (secondary N) is 4. The van der Waals surface area contributed by atoms with E-state index in [1.807, 2.05) is 36.4 Å². The quantitative estimate of drug-likeness (QED) is 0.196. The molecule has 1 aliphatic rings. The maximum absolute atomic E-state index is 13.0. The van der Waals surface area contributed by atoms with Crippen molar-refractivity contribution < 1.29 is 9.59 Å². The molecule has 12 nitrogen and oxygen atoms in total. The van der Waals surface area contributed by atoms with E-state index in [0.717, 1.165) is 22.8 Å². The van der Waals surface area contributed by atoms with Gasteiger partial charge >= 0.3 is 0 Å². The van der Waals surface area contributed by atoms with Gasteiger partial charge in [0.15, 0.2) is 0 Å². The lowest BCUT2D eigenvalue weighted by molar-refractivity contribution is 0.0946. The fraction of sp³-hybridized carbons (Fsp3) is 0.267. The van der Waals surface area contributed by atoms with Gasteiger partial charge in [-0.2, -0.15) is 0 Å². The Kier molecular flexibility index (Phi) is 9.51. The van der Waals surface area contributed by atoms with Gasteiger partial charge in [0.05, 0.1) is 45.6 Å². The summed E-state index contributed by atoms with van der Waals surface area (Å²) in [6.45, 7) is 3.03. The molecular weight excluding hydrogens is 532 g/mol. The number of carbonyl (C=O) groups excluding carboxylic acids is 2. The number of rotatable bonds is 6. The van der Waals surface area contributed by atoms with Crippen LogP contribution in [0.2, 0.25) is 0 Å². The molecule has 8 bridgehead atoms. The molecule has 216 valence electrons. The Morgan fingerprint density at radius 3 is 1.43 bits per heavy atom. The SMILES string of the molecule is NCCNC(=O)c1cc2nc(c1)-c1cc(C(=O)NCCN)cc(n1)CNCc1cccc(n1)-c1cccc(n1)CNC2. The number of fused-ring (bicyclic) bond motifs is 10. The van der Waals surface area contributed by atoms with Crippen LogP contribution in [0, 0.1) is 0 Å². The van der Waals surface area contributed by atoms with E-state index in [-0.39, 0.29) is 11.8 Å².